The lowest BCUT2D eigenvalue weighted by Gasteiger charge is -2.26. The van der Waals surface area contributed by atoms with E-state index in [9.17, 15) is 8.42 Å². The molecule has 0 bridgehead atoms. The van der Waals surface area contributed by atoms with Crippen LogP contribution >= 0.6 is 0 Å². The lowest BCUT2D eigenvalue weighted by atomic mass is 10.2. The second kappa shape index (κ2) is 6.90. The Kier molecular flexibility index (Phi) is 4.56. The largest absolute Gasteiger partial charge is 0.340 e. The minimum atomic E-state index is -3.50. The van der Waals surface area contributed by atoms with Gasteiger partial charge in [-0.2, -0.15) is 18.9 Å². The van der Waals surface area contributed by atoms with Crippen molar-refractivity contribution in [3.05, 3.63) is 41.9 Å². The molecule has 2 aromatic heterocycles. The summed E-state index contributed by atoms with van der Waals surface area (Å²) in [6.07, 6.45) is 4.35. The Labute approximate surface area is 158 Å². The standard InChI is InChI=1S/C18H22N6O2S/c1-13-6-7-15(11-16(13)27(25,26)23-8-4-3-5-9-23)22-17-10-14(2)21-18-19-12-20-24(17)18/h6-7,10-12,22H,3-5,8-9H2,1-2H3. The van der Waals surface area contributed by atoms with Gasteiger partial charge >= 0.3 is 0 Å². The molecule has 1 aliphatic heterocycles. The number of nitrogens with zero attached hydrogens (tertiary/aromatic N) is 5. The van der Waals surface area contributed by atoms with E-state index in [1.807, 2.05) is 32.0 Å². The van der Waals surface area contributed by atoms with Gasteiger partial charge in [-0.05, 0) is 44.4 Å². The molecule has 0 spiro atoms. The maximum Gasteiger partial charge on any atom is 0.254 e. The quantitative estimate of drug-likeness (QED) is 0.741. The van der Waals surface area contributed by atoms with Crippen molar-refractivity contribution in [3.63, 3.8) is 0 Å². The van der Waals surface area contributed by atoms with Crippen LogP contribution in [0, 0.1) is 13.8 Å². The predicted molar refractivity (Wildman–Crippen MR) is 103 cm³/mol. The first-order chi connectivity index (χ1) is 12.9. The average Bonchev–Trinajstić information content (AvgIpc) is 3.12. The molecule has 0 saturated carbocycles. The second-order valence-corrected chi connectivity index (χ2v) is 8.73. The third kappa shape index (κ3) is 3.40. The van der Waals surface area contributed by atoms with Crippen LogP contribution in [0.4, 0.5) is 11.5 Å². The van der Waals surface area contributed by atoms with Crippen LogP contribution in [0.25, 0.3) is 5.78 Å². The zero-order valence-electron chi connectivity index (χ0n) is 15.4. The lowest BCUT2D eigenvalue weighted by molar-refractivity contribution is 0.346. The van der Waals surface area contributed by atoms with Crippen molar-refractivity contribution in [3.8, 4) is 0 Å². The Morgan fingerprint density at radius 3 is 2.63 bits per heavy atom. The Morgan fingerprint density at radius 1 is 1.07 bits per heavy atom. The second-order valence-electron chi connectivity index (χ2n) is 6.82. The minimum Gasteiger partial charge on any atom is -0.340 e. The molecule has 27 heavy (non-hydrogen) atoms. The van der Waals surface area contributed by atoms with Gasteiger partial charge in [0.1, 0.15) is 12.1 Å². The van der Waals surface area contributed by atoms with Crippen molar-refractivity contribution in [2.24, 2.45) is 0 Å². The molecule has 3 heterocycles. The Hall–Kier alpha value is -2.52. The molecule has 8 nitrogen and oxygen atoms in total. The van der Waals surface area contributed by atoms with Crippen LogP contribution < -0.4 is 5.32 Å². The van der Waals surface area contributed by atoms with E-state index >= 15 is 0 Å². The van der Waals surface area contributed by atoms with Crippen LogP contribution in [0.2, 0.25) is 0 Å². The number of benzene rings is 1. The number of aromatic nitrogens is 4. The number of aryl methyl sites for hydroxylation is 2. The van der Waals surface area contributed by atoms with Gasteiger partial charge in [0.2, 0.25) is 10.0 Å². The van der Waals surface area contributed by atoms with Crippen molar-refractivity contribution >= 4 is 27.3 Å². The monoisotopic (exact) mass is 386 g/mol. The molecule has 142 valence electrons. The molecular weight excluding hydrogens is 364 g/mol. The van der Waals surface area contributed by atoms with Crippen molar-refractivity contribution < 1.29 is 8.42 Å². The molecule has 3 aromatic rings. The van der Waals surface area contributed by atoms with E-state index in [2.05, 4.69) is 20.4 Å². The first-order valence-electron chi connectivity index (χ1n) is 9.00. The summed E-state index contributed by atoms with van der Waals surface area (Å²) in [7, 11) is -3.50. The molecule has 0 aliphatic carbocycles. The third-order valence-corrected chi connectivity index (χ3v) is 6.81. The van der Waals surface area contributed by atoms with E-state index in [0.29, 0.717) is 35.3 Å². The van der Waals surface area contributed by atoms with Gasteiger partial charge in [0.25, 0.3) is 5.78 Å². The van der Waals surface area contributed by atoms with Gasteiger partial charge in [-0.3, -0.25) is 0 Å². The molecule has 1 aromatic carbocycles. The number of hydrogen-bond donors (Lipinski definition) is 1. The molecule has 0 unspecified atom stereocenters. The van der Waals surface area contributed by atoms with Crippen LogP contribution in [-0.4, -0.2) is 45.4 Å². The number of sulfonamides is 1. The van der Waals surface area contributed by atoms with Crippen LogP contribution in [0.15, 0.2) is 35.5 Å². The molecule has 0 radical (unpaired) electrons. The SMILES string of the molecule is Cc1cc(Nc2ccc(C)c(S(=O)(=O)N3CCCCC3)c2)n2ncnc2n1. The number of hydrogen-bond acceptors (Lipinski definition) is 6. The molecule has 1 aliphatic rings. The van der Waals surface area contributed by atoms with Gasteiger partial charge < -0.3 is 5.32 Å². The zero-order valence-corrected chi connectivity index (χ0v) is 16.2. The smallest absolute Gasteiger partial charge is 0.254 e. The summed E-state index contributed by atoms with van der Waals surface area (Å²) in [5, 5.41) is 7.43. The number of nitrogens with one attached hydrogen (secondary N) is 1. The average molecular weight is 386 g/mol. The van der Waals surface area contributed by atoms with Crippen LogP contribution in [0.5, 0.6) is 0 Å². The van der Waals surface area contributed by atoms with Gasteiger partial charge in [0.15, 0.2) is 0 Å². The van der Waals surface area contributed by atoms with Crippen LogP contribution in [0.1, 0.15) is 30.5 Å². The molecule has 9 heteroatoms. The highest BCUT2D eigenvalue weighted by Gasteiger charge is 2.27. The van der Waals surface area contributed by atoms with Gasteiger partial charge in [-0.1, -0.05) is 12.5 Å². The Morgan fingerprint density at radius 2 is 1.85 bits per heavy atom. The van der Waals surface area contributed by atoms with E-state index < -0.39 is 10.0 Å². The van der Waals surface area contributed by atoms with Crippen molar-refractivity contribution in [1.29, 1.82) is 0 Å². The summed E-state index contributed by atoms with van der Waals surface area (Å²) < 4.78 is 29.4. The van der Waals surface area contributed by atoms with Crippen molar-refractivity contribution in [2.45, 2.75) is 38.0 Å². The Bertz CT molecular complexity index is 1090. The minimum absolute atomic E-state index is 0.343. The van der Waals surface area contributed by atoms with Gasteiger partial charge in [0, 0.05) is 30.5 Å². The summed E-state index contributed by atoms with van der Waals surface area (Å²) >= 11 is 0. The summed E-state index contributed by atoms with van der Waals surface area (Å²) in [5.41, 5.74) is 2.22. The van der Waals surface area contributed by atoms with Crippen LogP contribution in [-0.2, 0) is 10.0 Å². The van der Waals surface area contributed by atoms with E-state index in [1.54, 1.807) is 14.9 Å². The highest BCUT2D eigenvalue weighted by Crippen LogP contribution is 2.27. The maximum absolute atomic E-state index is 13.1. The highest BCUT2D eigenvalue weighted by molar-refractivity contribution is 7.89. The molecule has 1 N–H and O–H groups in total. The zero-order chi connectivity index (χ0) is 19.0. The lowest BCUT2D eigenvalue weighted by Crippen LogP contribution is -2.35. The molecular formula is C18H22N6O2S. The Balaban J connectivity index is 1.71. The van der Waals surface area contributed by atoms with Crippen molar-refractivity contribution in [1.82, 2.24) is 23.9 Å². The molecule has 1 fully saturated rings. The normalized spacial score (nSPS) is 15.9. The molecule has 0 atom stereocenters. The van der Waals surface area contributed by atoms with Gasteiger partial charge in [-0.25, -0.2) is 13.4 Å². The number of fused-ring (bicyclic) bond motifs is 1. The summed E-state index contributed by atoms with van der Waals surface area (Å²) in [5.74, 6) is 1.17. The third-order valence-electron chi connectivity index (χ3n) is 4.77. The summed E-state index contributed by atoms with van der Waals surface area (Å²) in [6.45, 7) is 4.87. The summed E-state index contributed by atoms with van der Waals surface area (Å²) in [6, 6.07) is 7.23. The summed E-state index contributed by atoms with van der Waals surface area (Å²) in [4.78, 5) is 8.77. The topological polar surface area (TPSA) is 92.5 Å². The van der Waals surface area contributed by atoms with E-state index in [1.165, 1.54) is 6.33 Å². The van der Waals surface area contributed by atoms with Crippen LogP contribution in [0.3, 0.4) is 0 Å². The van der Waals surface area contributed by atoms with E-state index in [-0.39, 0.29) is 0 Å². The van der Waals surface area contributed by atoms with E-state index in [4.69, 9.17) is 0 Å². The van der Waals surface area contributed by atoms with Crippen molar-refractivity contribution in [2.75, 3.05) is 18.4 Å². The number of rotatable bonds is 4. The maximum atomic E-state index is 13.1. The van der Waals surface area contributed by atoms with E-state index in [0.717, 1.165) is 30.5 Å². The van der Waals surface area contributed by atoms with Gasteiger partial charge in [0.05, 0.1) is 4.90 Å². The molecule has 1 saturated heterocycles. The number of piperidine rings is 1. The first-order valence-corrected chi connectivity index (χ1v) is 10.4. The van der Waals surface area contributed by atoms with Gasteiger partial charge in [-0.15, -0.1) is 0 Å². The number of anilines is 2. The fourth-order valence-corrected chi connectivity index (χ4v) is 5.14. The molecule has 0 amide bonds. The first kappa shape index (κ1) is 17.9. The fraction of sp³-hybridized carbons (Fsp3) is 0.389. The predicted octanol–water partition coefficient (Wildman–Crippen LogP) is 2.66. The fourth-order valence-electron chi connectivity index (χ4n) is 3.37. The highest BCUT2D eigenvalue weighted by atomic mass is 32.2. The molecule has 4 rings (SSSR count).